The van der Waals surface area contributed by atoms with Gasteiger partial charge in [-0.2, -0.15) is 5.26 Å². The van der Waals surface area contributed by atoms with Gasteiger partial charge in [-0.3, -0.25) is 19.4 Å². The average Bonchev–Trinajstić information content (AvgIpc) is 3.29. The first-order chi connectivity index (χ1) is 18.0. The number of amides is 2. The third-order valence-electron chi connectivity index (χ3n) is 7.66. The molecule has 0 spiro atoms. The fourth-order valence-corrected chi connectivity index (χ4v) is 5.89. The molecule has 1 saturated carbocycles. The molecule has 9 nitrogen and oxygen atoms in total. The van der Waals surface area contributed by atoms with Gasteiger partial charge < -0.3 is 16.0 Å². The van der Waals surface area contributed by atoms with Gasteiger partial charge in [0.05, 0.1) is 35.5 Å². The van der Waals surface area contributed by atoms with E-state index in [1.54, 1.807) is 23.1 Å². The third-order valence-corrected chi connectivity index (χ3v) is 7.66. The minimum Gasteiger partial charge on any atom is -0.331 e. The van der Waals surface area contributed by atoms with E-state index in [9.17, 15) is 14.9 Å². The summed E-state index contributed by atoms with van der Waals surface area (Å²) < 4.78 is 0. The van der Waals surface area contributed by atoms with Crippen LogP contribution in [0.2, 0.25) is 0 Å². The van der Waals surface area contributed by atoms with Gasteiger partial charge in [0.2, 0.25) is 17.8 Å². The maximum Gasteiger partial charge on any atom is 0.248 e. The van der Waals surface area contributed by atoms with E-state index < -0.39 is 0 Å². The Kier molecular flexibility index (Phi) is 5.89. The van der Waals surface area contributed by atoms with Crippen molar-refractivity contribution in [3.05, 3.63) is 65.5 Å². The van der Waals surface area contributed by atoms with Crippen molar-refractivity contribution in [2.75, 3.05) is 15.5 Å². The Morgan fingerprint density at radius 2 is 1.95 bits per heavy atom. The van der Waals surface area contributed by atoms with E-state index in [2.05, 4.69) is 26.9 Å². The molecule has 188 valence electrons. The van der Waals surface area contributed by atoms with Crippen LogP contribution in [0, 0.1) is 11.3 Å². The number of hydrogen-bond acceptors (Lipinski definition) is 7. The second-order valence-electron chi connectivity index (χ2n) is 10.0. The number of nitrogens with one attached hydrogen (secondary N) is 3. The molecule has 6 rings (SSSR count). The molecule has 1 aliphatic carbocycles. The van der Waals surface area contributed by atoms with E-state index in [0.717, 1.165) is 48.3 Å². The first-order valence-corrected chi connectivity index (χ1v) is 12.9. The van der Waals surface area contributed by atoms with E-state index in [0.29, 0.717) is 23.6 Å². The van der Waals surface area contributed by atoms with E-state index in [1.165, 1.54) is 6.42 Å². The number of benzene rings is 2. The van der Waals surface area contributed by atoms with Gasteiger partial charge in [-0.25, -0.2) is 4.99 Å². The zero-order valence-electron chi connectivity index (χ0n) is 20.7. The Hall–Kier alpha value is -4.16. The van der Waals surface area contributed by atoms with Gasteiger partial charge in [-0.1, -0.05) is 25.3 Å². The van der Waals surface area contributed by atoms with E-state index in [-0.39, 0.29) is 30.1 Å². The lowest BCUT2D eigenvalue weighted by atomic mass is 9.91. The number of rotatable bonds is 3. The molecule has 0 radical (unpaired) electrons. The molecule has 3 heterocycles. The summed E-state index contributed by atoms with van der Waals surface area (Å²) in [6.07, 6.45) is 7.46. The van der Waals surface area contributed by atoms with Gasteiger partial charge in [-0.05, 0) is 61.7 Å². The Morgan fingerprint density at radius 1 is 1.11 bits per heavy atom. The second-order valence-corrected chi connectivity index (χ2v) is 10.0. The average molecular weight is 496 g/mol. The molecule has 2 aromatic carbocycles. The molecule has 2 atom stereocenters. The van der Waals surface area contributed by atoms with Crippen LogP contribution in [0.25, 0.3) is 0 Å². The standard InChI is InChI=1S/C28H29N7O2/c1-17-27(37)35(22-9-5-6-18(12-22)15-29)24-16-30-28(33-26(24)34(17)21-7-3-2-4-8-21)31-20-10-11-23-19(13-20)14-25(36)32-23/h5-6,9-13,16-17,21,26H,2-4,7-8,14H2,1H3,(H,32,36)(H2,30,31,33)/t17-,26?/m1/s1. The van der Waals surface area contributed by atoms with Crippen molar-refractivity contribution in [3.8, 4) is 6.07 Å². The lowest BCUT2D eigenvalue weighted by molar-refractivity contribution is -0.127. The van der Waals surface area contributed by atoms with Crippen molar-refractivity contribution >= 4 is 34.8 Å². The quantitative estimate of drug-likeness (QED) is 0.599. The lowest BCUT2D eigenvalue weighted by Gasteiger charge is -2.49. The highest BCUT2D eigenvalue weighted by Crippen LogP contribution is 2.37. The van der Waals surface area contributed by atoms with Crippen LogP contribution in [0.5, 0.6) is 0 Å². The van der Waals surface area contributed by atoms with Crippen molar-refractivity contribution in [3.63, 3.8) is 0 Å². The van der Waals surface area contributed by atoms with E-state index >= 15 is 0 Å². The highest BCUT2D eigenvalue weighted by molar-refractivity contribution is 6.03. The number of nitriles is 1. The summed E-state index contributed by atoms with van der Waals surface area (Å²) in [6.45, 7) is 1.96. The molecule has 0 bridgehead atoms. The van der Waals surface area contributed by atoms with Crippen molar-refractivity contribution in [1.29, 1.82) is 5.26 Å². The van der Waals surface area contributed by atoms with Crippen LogP contribution in [0.4, 0.5) is 17.1 Å². The van der Waals surface area contributed by atoms with Crippen LogP contribution >= 0.6 is 0 Å². The summed E-state index contributed by atoms with van der Waals surface area (Å²) in [5.41, 5.74) is 4.55. The zero-order valence-corrected chi connectivity index (χ0v) is 20.7. The van der Waals surface area contributed by atoms with Crippen molar-refractivity contribution in [1.82, 2.24) is 10.2 Å². The van der Waals surface area contributed by atoms with Crippen molar-refractivity contribution in [2.24, 2.45) is 4.99 Å². The Labute approximate surface area is 215 Å². The summed E-state index contributed by atoms with van der Waals surface area (Å²) in [7, 11) is 0. The van der Waals surface area contributed by atoms with Crippen LogP contribution in [-0.4, -0.2) is 40.9 Å². The SMILES string of the molecule is C[C@@H]1C(=O)N(c2cccc(C#N)c2)C2=CNC(Nc3ccc4c(c3)CC(=O)N4)=NC2N1C1CCCCC1. The van der Waals surface area contributed by atoms with Crippen LogP contribution in [-0.2, 0) is 16.0 Å². The topological polar surface area (TPSA) is 113 Å². The summed E-state index contributed by atoms with van der Waals surface area (Å²) in [6, 6.07) is 15.0. The predicted molar refractivity (Wildman–Crippen MR) is 142 cm³/mol. The fourth-order valence-electron chi connectivity index (χ4n) is 5.89. The molecule has 1 unspecified atom stereocenters. The Morgan fingerprint density at radius 3 is 2.76 bits per heavy atom. The number of nitrogens with zero attached hydrogens (tertiary/aromatic N) is 4. The molecular weight excluding hydrogens is 466 g/mol. The molecule has 3 N–H and O–H groups in total. The summed E-state index contributed by atoms with van der Waals surface area (Å²) in [5, 5.41) is 18.9. The molecule has 3 aliphatic heterocycles. The summed E-state index contributed by atoms with van der Waals surface area (Å²) in [5.74, 6) is 0.559. The van der Waals surface area contributed by atoms with Gasteiger partial charge in [0.15, 0.2) is 0 Å². The van der Waals surface area contributed by atoms with Crippen LogP contribution in [0.1, 0.15) is 50.2 Å². The monoisotopic (exact) mass is 495 g/mol. The second kappa shape index (κ2) is 9.37. The van der Waals surface area contributed by atoms with Crippen LogP contribution < -0.4 is 20.9 Å². The van der Waals surface area contributed by atoms with Gasteiger partial charge in [0.25, 0.3) is 0 Å². The Balaban J connectivity index is 1.35. The van der Waals surface area contributed by atoms with Gasteiger partial charge in [-0.15, -0.1) is 0 Å². The first-order valence-electron chi connectivity index (χ1n) is 12.9. The molecule has 2 amide bonds. The minimum atomic E-state index is -0.365. The molecule has 4 aliphatic rings. The first kappa shape index (κ1) is 23.3. The fraction of sp³-hybridized carbons (Fsp3) is 0.357. The van der Waals surface area contributed by atoms with E-state index in [4.69, 9.17) is 4.99 Å². The number of hydrogen-bond donors (Lipinski definition) is 3. The number of anilines is 3. The maximum absolute atomic E-state index is 13.8. The molecule has 2 fully saturated rings. The number of aliphatic imine (C=N–C) groups is 1. The van der Waals surface area contributed by atoms with Gasteiger partial charge in [0.1, 0.15) is 6.17 Å². The van der Waals surface area contributed by atoms with E-state index in [1.807, 2.05) is 37.4 Å². The van der Waals surface area contributed by atoms with Crippen LogP contribution in [0.15, 0.2) is 59.4 Å². The van der Waals surface area contributed by atoms with Gasteiger partial charge >= 0.3 is 0 Å². The number of piperazine rings is 1. The number of guanidine groups is 1. The largest absolute Gasteiger partial charge is 0.331 e. The minimum absolute atomic E-state index is 0.00241. The van der Waals surface area contributed by atoms with Crippen molar-refractivity contribution in [2.45, 2.75) is 63.7 Å². The summed E-state index contributed by atoms with van der Waals surface area (Å²) in [4.78, 5) is 34.6. The van der Waals surface area contributed by atoms with Gasteiger partial charge in [0, 0.05) is 23.6 Å². The normalized spacial score (nSPS) is 23.7. The third kappa shape index (κ3) is 4.23. The smallest absolute Gasteiger partial charge is 0.248 e. The predicted octanol–water partition coefficient (Wildman–Crippen LogP) is 3.66. The highest BCUT2D eigenvalue weighted by Gasteiger charge is 2.46. The molecule has 2 aromatic rings. The molecular formula is C28H29N7O2. The molecule has 1 saturated heterocycles. The highest BCUT2D eigenvalue weighted by atomic mass is 16.2. The number of carbonyl (C=O) groups excluding carboxylic acids is 2. The van der Waals surface area contributed by atoms with Crippen molar-refractivity contribution < 1.29 is 9.59 Å². The Bertz CT molecular complexity index is 1370. The molecule has 9 heteroatoms. The zero-order chi connectivity index (χ0) is 25.5. The van der Waals surface area contributed by atoms with Crippen LogP contribution in [0.3, 0.4) is 0 Å². The molecule has 0 aromatic heterocycles. The summed E-state index contributed by atoms with van der Waals surface area (Å²) >= 11 is 0. The number of carbonyl (C=O) groups is 2. The molecule has 37 heavy (non-hydrogen) atoms. The maximum atomic E-state index is 13.8. The lowest BCUT2D eigenvalue weighted by Crippen LogP contribution is -2.64. The number of fused-ring (bicyclic) bond motifs is 2.